The molecule has 0 radical (unpaired) electrons. The van der Waals surface area contributed by atoms with Gasteiger partial charge in [0, 0.05) is 17.9 Å². The maximum Gasteiger partial charge on any atom is 0.230 e. The lowest BCUT2D eigenvalue weighted by atomic mass is 10.1. The summed E-state index contributed by atoms with van der Waals surface area (Å²) in [7, 11) is 1.61. The second kappa shape index (κ2) is 9.27. The Hall–Kier alpha value is -3.59. The van der Waals surface area contributed by atoms with Crippen molar-refractivity contribution < 1.29 is 9.53 Å². The number of aryl methyl sites for hydroxylation is 2. The first kappa shape index (κ1) is 21.6. The fraction of sp³-hybridized carbons (Fsp3) is 0.217. The smallest absolute Gasteiger partial charge is 0.230 e. The number of nitrogens with zero attached hydrogens (tertiary/aromatic N) is 3. The van der Waals surface area contributed by atoms with Crippen LogP contribution in [0, 0.1) is 19.3 Å². The second-order valence-electron chi connectivity index (χ2n) is 7.37. The molecule has 164 valence electrons. The van der Waals surface area contributed by atoms with E-state index in [4.69, 9.17) is 10.1 Å². The molecule has 0 fully saturated rings. The Labute approximate surface area is 189 Å². The van der Waals surface area contributed by atoms with Gasteiger partial charge in [0.2, 0.25) is 5.91 Å². The number of aromatic amines is 1. The zero-order valence-corrected chi connectivity index (χ0v) is 18.9. The van der Waals surface area contributed by atoms with Gasteiger partial charge in [-0.3, -0.25) is 19.9 Å². The topological polar surface area (TPSA) is 109 Å². The zero-order valence-electron chi connectivity index (χ0n) is 18.1. The molecule has 0 saturated heterocycles. The lowest BCUT2D eigenvalue weighted by Crippen LogP contribution is -2.26. The van der Waals surface area contributed by atoms with Crippen molar-refractivity contribution in [3.63, 3.8) is 0 Å². The molecule has 3 N–H and O–H groups in total. The van der Waals surface area contributed by atoms with Crippen LogP contribution in [0.2, 0.25) is 0 Å². The first-order valence-corrected chi connectivity index (χ1v) is 11.1. The van der Waals surface area contributed by atoms with Gasteiger partial charge in [0.15, 0.2) is 10.8 Å². The Morgan fingerprint density at radius 3 is 2.56 bits per heavy atom. The van der Waals surface area contributed by atoms with Crippen molar-refractivity contribution in [2.75, 3.05) is 12.9 Å². The van der Waals surface area contributed by atoms with E-state index in [1.807, 2.05) is 62.4 Å². The minimum atomic E-state index is -0.108. The molecule has 2 aromatic heterocycles. The molecule has 32 heavy (non-hydrogen) atoms. The van der Waals surface area contributed by atoms with E-state index in [1.54, 1.807) is 11.7 Å². The predicted octanol–water partition coefficient (Wildman–Crippen LogP) is 3.26. The second-order valence-corrected chi connectivity index (χ2v) is 8.32. The third kappa shape index (κ3) is 4.52. The van der Waals surface area contributed by atoms with Gasteiger partial charge in [-0.25, -0.2) is 4.98 Å². The summed E-state index contributed by atoms with van der Waals surface area (Å²) in [6, 6.07) is 15.4. The highest BCUT2D eigenvalue weighted by Gasteiger charge is 2.16. The van der Waals surface area contributed by atoms with E-state index >= 15 is 0 Å². The molecule has 0 bridgehead atoms. The minimum Gasteiger partial charge on any atom is -0.497 e. The lowest BCUT2D eigenvalue weighted by Gasteiger charge is -2.14. The van der Waals surface area contributed by atoms with E-state index in [2.05, 4.69) is 20.5 Å². The molecule has 0 saturated carbocycles. The first-order valence-electron chi connectivity index (χ1n) is 10.1. The lowest BCUT2D eigenvalue weighted by molar-refractivity contribution is -0.118. The van der Waals surface area contributed by atoms with E-state index in [-0.39, 0.29) is 17.1 Å². The highest BCUT2D eigenvalue weighted by Crippen LogP contribution is 2.23. The number of carbonyl (C=O) groups is 1. The summed E-state index contributed by atoms with van der Waals surface area (Å²) in [5.41, 5.74) is 4.47. The molecule has 4 aromatic rings. The van der Waals surface area contributed by atoms with Crippen LogP contribution in [0.5, 0.6) is 5.75 Å². The van der Waals surface area contributed by atoms with Crippen LogP contribution in [0.15, 0.2) is 53.7 Å². The Kier molecular flexibility index (Phi) is 6.27. The molecule has 0 aliphatic heterocycles. The van der Waals surface area contributed by atoms with E-state index in [0.29, 0.717) is 22.7 Å². The van der Waals surface area contributed by atoms with Gasteiger partial charge >= 0.3 is 0 Å². The van der Waals surface area contributed by atoms with E-state index < -0.39 is 0 Å². The molecule has 4 rings (SSSR count). The van der Waals surface area contributed by atoms with E-state index in [1.165, 1.54) is 17.3 Å². The van der Waals surface area contributed by atoms with Gasteiger partial charge in [0.25, 0.3) is 0 Å². The molecule has 9 heteroatoms. The third-order valence-electron chi connectivity index (χ3n) is 5.05. The first-order chi connectivity index (χ1) is 15.5. The summed E-state index contributed by atoms with van der Waals surface area (Å²) in [6.07, 6.45) is 0. The molecule has 1 amide bonds. The number of H-pyrrole nitrogens is 1. The average Bonchev–Trinajstić information content (AvgIpc) is 3.18. The van der Waals surface area contributed by atoms with Crippen LogP contribution in [0.25, 0.3) is 16.7 Å². The Bertz CT molecular complexity index is 1310. The van der Waals surface area contributed by atoms with Crippen LogP contribution < -0.4 is 15.5 Å². The van der Waals surface area contributed by atoms with Crippen LogP contribution >= 0.6 is 11.8 Å². The van der Waals surface area contributed by atoms with Gasteiger partial charge in [0.05, 0.1) is 18.2 Å². The molecule has 8 nitrogen and oxygen atoms in total. The fourth-order valence-corrected chi connectivity index (χ4v) is 4.12. The number of rotatable bonds is 7. The number of hydrogen-bond donors (Lipinski definition) is 3. The summed E-state index contributed by atoms with van der Waals surface area (Å²) in [5.74, 6) is 0.784. The van der Waals surface area contributed by atoms with Gasteiger partial charge in [0.1, 0.15) is 11.2 Å². The molecule has 0 atom stereocenters. The number of amides is 1. The molecular formula is C23H24N6O2S. The van der Waals surface area contributed by atoms with Crippen LogP contribution in [-0.4, -0.2) is 38.5 Å². The van der Waals surface area contributed by atoms with E-state index in [9.17, 15) is 4.79 Å². The number of thioether (sulfide) groups is 1. The predicted molar refractivity (Wildman–Crippen MR) is 124 cm³/mol. The van der Waals surface area contributed by atoms with Gasteiger partial charge < -0.3 is 10.1 Å². The number of hydrogen-bond acceptors (Lipinski definition) is 6. The standard InChI is InChI=1S/C23H24N6O2S/c1-14-4-6-16(7-5-14)12-25-19(30)13-32-23-26-22-20(15(2)27-28-22)21(24)29(23)17-8-10-18(31-3)11-9-17/h4-11,24H,12-13H2,1-3H3,(H,25,30)(H,27,28). The van der Waals surface area contributed by atoms with Gasteiger partial charge in [-0.05, 0) is 43.7 Å². The summed E-state index contributed by atoms with van der Waals surface area (Å²) in [6.45, 7) is 4.36. The Morgan fingerprint density at radius 1 is 1.16 bits per heavy atom. The molecule has 0 unspecified atom stereocenters. The number of fused-ring (bicyclic) bond motifs is 1. The monoisotopic (exact) mass is 448 g/mol. The highest BCUT2D eigenvalue weighted by molar-refractivity contribution is 7.99. The summed E-state index contributed by atoms with van der Waals surface area (Å²) in [5, 5.41) is 20.0. The molecular weight excluding hydrogens is 424 g/mol. The molecule has 0 aliphatic rings. The normalized spacial score (nSPS) is 11.0. The van der Waals surface area contributed by atoms with Gasteiger partial charge in [-0.2, -0.15) is 5.10 Å². The number of aromatic nitrogens is 4. The molecule has 2 heterocycles. The highest BCUT2D eigenvalue weighted by atomic mass is 32.2. The summed E-state index contributed by atoms with van der Waals surface area (Å²) in [4.78, 5) is 17.1. The summed E-state index contributed by atoms with van der Waals surface area (Å²) >= 11 is 1.27. The van der Waals surface area contributed by atoms with Crippen molar-refractivity contribution >= 4 is 28.7 Å². The van der Waals surface area contributed by atoms with Crippen molar-refractivity contribution in [2.24, 2.45) is 0 Å². The summed E-state index contributed by atoms with van der Waals surface area (Å²) < 4.78 is 6.97. The fourth-order valence-electron chi connectivity index (χ4n) is 3.28. The zero-order chi connectivity index (χ0) is 22.7. The Balaban J connectivity index is 1.58. The number of methoxy groups -OCH3 is 1. The molecule has 0 spiro atoms. The number of nitrogens with one attached hydrogen (secondary N) is 3. The quantitative estimate of drug-likeness (QED) is 0.297. The van der Waals surface area contributed by atoms with Crippen molar-refractivity contribution in [1.82, 2.24) is 25.1 Å². The number of benzene rings is 2. The Morgan fingerprint density at radius 2 is 1.88 bits per heavy atom. The van der Waals surface area contributed by atoms with Gasteiger partial charge in [-0.1, -0.05) is 41.6 Å². The number of carbonyl (C=O) groups excluding carboxylic acids is 1. The van der Waals surface area contributed by atoms with E-state index in [0.717, 1.165) is 22.7 Å². The molecule has 0 aliphatic carbocycles. The maximum atomic E-state index is 12.5. The van der Waals surface area contributed by atoms with Crippen LogP contribution in [-0.2, 0) is 11.3 Å². The SMILES string of the molecule is COc1ccc(-n2c(SCC(=O)NCc3ccc(C)cc3)nc3n[nH]c(C)c3c2=N)cc1. The van der Waals surface area contributed by atoms with Gasteiger partial charge in [-0.15, -0.1) is 0 Å². The average molecular weight is 449 g/mol. The van der Waals surface area contributed by atoms with Crippen LogP contribution in [0.1, 0.15) is 16.8 Å². The van der Waals surface area contributed by atoms with Crippen LogP contribution in [0.3, 0.4) is 0 Å². The van der Waals surface area contributed by atoms with Crippen LogP contribution in [0.4, 0.5) is 0 Å². The minimum absolute atomic E-state index is 0.108. The largest absolute Gasteiger partial charge is 0.497 e. The van der Waals surface area contributed by atoms with Crippen molar-refractivity contribution in [3.8, 4) is 11.4 Å². The van der Waals surface area contributed by atoms with Crippen molar-refractivity contribution in [3.05, 3.63) is 70.8 Å². The molecule has 2 aromatic carbocycles. The maximum absolute atomic E-state index is 12.5. The number of ether oxygens (including phenoxy) is 1. The third-order valence-corrected chi connectivity index (χ3v) is 5.99. The van der Waals surface area contributed by atoms with Crippen molar-refractivity contribution in [1.29, 1.82) is 5.41 Å². The van der Waals surface area contributed by atoms with Crippen molar-refractivity contribution in [2.45, 2.75) is 25.5 Å².